The number of hydrogen-bond acceptors (Lipinski definition) is 7. The van der Waals surface area contributed by atoms with E-state index in [1.165, 1.54) is 40.1 Å². The highest BCUT2D eigenvalue weighted by Gasteiger charge is 2.32. The Morgan fingerprint density at radius 3 is 2.81 bits per heavy atom. The van der Waals surface area contributed by atoms with Gasteiger partial charge in [-0.2, -0.15) is 5.26 Å². The lowest BCUT2D eigenvalue weighted by Crippen LogP contribution is -2.26. The van der Waals surface area contributed by atoms with Crippen LogP contribution in [0.15, 0.2) is 42.1 Å². The van der Waals surface area contributed by atoms with Gasteiger partial charge in [-0.3, -0.25) is 9.36 Å². The van der Waals surface area contributed by atoms with Crippen molar-refractivity contribution < 1.29 is 13.9 Å². The number of benzene rings is 1. The maximum atomic E-state index is 13.1. The molecule has 0 spiro atoms. The monoisotopic (exact) mass is 539 g/mol. The number of allylic oxidation sites excluding steroid dienone is 1. The molecule has 1 aliphatic rings. The highest BCUT2D eigenvalue weighted by Crippen LogP contribution is 2.44. The predicted molar refractivity (Wildman–Crippen MR) is 144 cm³/mol. The maximum absolute atomic E-state index is 13.1. The van der Waals surface area contributed by atoms with Crippen molar-refractivity contribution >= 4 is 34.0 Å². The molecule has 1 N–H and O–H groups in total. The third-order valence-corrected chi connectivity index (χ3v) is 8.61. The van der Waals surface area contributed by atoms with Crippen LogP contribution in [0.1, 0.15) is 49.0 Å². The zero-order valence-electron chi connectivity index (χ0n) is 21.2. The van der Waals surface area contributed by atoms with Crippen LogP contribution in [0.3, 0.4) is 0 Å². The predicted octanol–water partition coefficient (Wildman–Crippen LogP) is 6.00. The molecule has 194 valence electrons. The van der Waals surface area contributed by atoms with E-state index in [1.54, 1.807) is 18.2 Å². The SMILES string of the molecule is C=CCn1c(COc2ccc(F)cc2)nnc1SCC(=O)Nc1sc2c(c1C#N)CCC(C(C)(C)C)C2. The van der Waals surface area contributed by atoms with Gasteiger partial charge in [-0.25, -0.2) is 4.39 Å². The Morgan fingerprint density at radius 2 is 2.14 bits per heavy atom. The molecule has 10 heteroatoms. The summed E-state index contributed by atoms with van der Waals surface area (Å²) < 4.78 is 20.7. The summed E-state index contributed by atoms with van der Waals surface area (Å²) in [7, 11) is 0. The number of ether oxygens (including phenoxy) is 1. The number of fused-ring (bicyclic) bond motifs is 1. The summed E-state index contributed by atoms with van der Waals surface area (Å²) in [6.45, 7) is 11.2. The zero-order chi connectivity index (χ0) is 26.6. The largest absolute Gasteiger partial charge is 0.486 e. The summed E-state index contributed by atoms with van der Waals surface area (Å²) >= 11 is 2.78. The molecular formula is C27H30FN5O2S2. The second kappa shape index (κ2) is 11.5. The summed E-state index contributed by atoms with van der Waals surface area (Å²) in [6.07, 6.45) is 4.58. The average Bonchev–Trinajstić information content (AvgIpc) is 3.41. The Kier molecular flexibility index (Phi) is 8.35. The molecule has 0 radical (unpaired) electrons. The van der Waals surface area contributed by atoms with E-state index in [4.69, 9.17) is 4.74 Å². The number of halogens is 1. The molecular weight excluding hydrogens is 509 g/mol. The van der Waals surface area contributed by atoms with E-state index in [9.17, 15) is 14.4 Å². The number of anilines is 1. The van der Waals surface area contributed by atoms with Crippen molar-refractivity contribution in [2.45, 2.75) is 58.3 Å². The molecule has 1 atom stereocenters. The number of carbonyl (C=O) groups is 1. The van der Waals surface area contributed by atoms with Crippen LogP contribution in [0, 0.1) is 28.5 Å². The number of thiophene rings is 1. The maximum Gasteiger partial charge on any atom is 0.235 e. The summed E-state index contributed by atoms with van der Waals surface area (Å²) in [5.74, 6) is 1.22. The number of nitriles is 1. The molecule has 1 aliphatic carbocycles. The number of hydrogen-bond donors (Lipinski definition) is 1. The van der Waals surface area contributed by atoms with E-state index in [1.807, 2.05) is 4.57 Å². The first kappa shape index (κ1) is 26.9. The van der Waals surface area contributed by atoms with Crippen LogP contribution in [0.5, 0.6) is 5.75 Å². The van der Waals surface area contributed by atoms with Gasteiger partial charge in [0.2, 0.25) is 5.91 Å². The van der Waals surface area contributed by atoms with Crippen molar-refractivity contribution in [3.05, 3.63) is 64.6 Å². The second-order valence-electron chi connectivity index (χ2n) is 10.0. The number of nitrogens with one attached hydrogen (secondary N) is 1. The molecule has 37 heavy (non-hydrogen) atoms. The number of thioether (sulfide) groups is 1. The number of nitrogens with zero attached hydrogens (tertiary/aromatic N) is 4. The molecule has 0 bridgehead atoms. The molecule has 1 unspecified atom stereocenters. The van der Waals surface area contributed by atoms with Crippen molar-refractivity contribution in [1.82, 2.24) is 14.8 Å². The minimum absolute atomic E-state index is 0.117. The summed E-state index contributed by atoms with van der Waals surface area (Å²) in [5.41, 5.74) is 1.90. The van der Waals surface area contributed by atoms with Crippen LogP contribution in [-0.4, -0.2) is 26.4 Å². The molecule has 3 aromatic rings. The minimum Gasteiger partial charge on any atom is -0.486 e. The smallest absolute Gasteiger partial charge is 0.235 e. The molecule has 0 fully saturated rings. The number of rotatable bonds is 9. The highest BCUT2D eigenvalue weighted by atomic mass is 32.2. The molecule has 0 aliphatic heterocycles. The topological polar surface area (TPSA) is 92.8 Å². The van der Waals surface area contributed by atoms with E-state index < -0.39 is 0 Å². The fourth-order valence-electron chi connectivity index (χ4n) is 4.35. The summed E-state index contributed by atoms with van der Waals surface area (Å²) in [5, 5.41) is 22.4. The lowest BCUT2D eigenvalue weighted by molar-refractivity contribution is -0.113. The lowest BCUT2D eigenvalue weighted by atomic mass is 9.72. The molecule has 1 amide bonds. The number of aromatic nitrogens is 3. The fraction of sp³-hybridized carbons (Fsp3) is 0.407. The van der Waals surface area contributed by atoms with Gasteiger partial charge in [0.15, 0.2) is 11.0 Å². The minimum atomic E-state index is -0.335. The Labute approximate surface area is 224 Å². The molecule has 2 aromatic heterocycles. The molecule has 0 saturated carbocycles. The second-order valence-corrected chi connectivity index (χ2v) is 12.1. The van der Waals surface area contributed by atoms with Crippen molar-refractivity contribution in [2.24, 2.45) is 11.3 Å². The molecule has 2 heterocycles. The van der Waals surface area contributed by atoms with Gasteiger partial charge < -0.3 is 10.1 Å². The van der Waals surface area contributed by atoms with Crippen LogP contribution in [0.4, 0.5) is 9.39 Å². The van der Waals surface area contributed by atoms with Gasteiger partial charge in [0.1, 0.15) is 29.2 Å². The zero-order valence-corrected chi connectivity index (χ0v) is 22.8. The van der Waals surface area contributed by atoms with E-state index in [2.05, 4.69) is 48.9 Å². The van der Waals surface area contributed by atoms with E-state index in [0.29, 0.717) is 39.8 Å². The Balaban J connectivity index is 1.40. The van der Waals surface area contributed by atoms with Crippen molar-refractivity contribution in [3.63, 3.8) is 0 Å². The average molecular weight is 540 g/mol. The van der Waals surface area contributed by atoms with Gasteiger partial charge >= 0.3 is 0 Å². The van der Waals surface area contributed by atoms with Gasteiger partial charge in [0, 0.05) is 11.4 Å². The van der Waals surface area contributed by atoms with Crippen LogP contribution >= 0.6 is 23.1 Å². The van der Waals surface area contributed by atoms with Crippen LogP contribution < -0.4 is 10.1 Å². The van der Waals surface area contributed by atoms with Gasteiger partial charge in [-0.15, -0.1) is 28.1 Å². The van der Waals surface area contributed by atoms with E-state index >= 15 is 0 Å². The number of amides is 1. The third kappa shape index (κ3) is 6.40. The quantitative estimate of drug-likeness (QED) is 0.265. The highest BCUT2D eigenvalue weighted by molar-refractivity contribution is 7.99. The normalized spacial score (nSPS) is 15.1. The molecule has 0 saturated heterocycles. The Morgan fingerprint density at radius 1 is 1.38 bits per heavy atom. The summed E-state index contributed by atoms with van der Waals surface area (Å²) in [4.78, 5) is 14.0. The third-order valence-electron chi connectivity index (χ3n) is 6.47. The summed E-state index contributed by atoms with van der Waals surface area (Å²) in [6, 6.07) is 8.06. The van der Waals surface area contributed by atoms with Gasteiger partial charge in [-0.05, 0) is 60.4 Å². The first-order valence-corrected chi connectivity index (χ1v) is 13.9. The number of carbonyl (C=O) groups excluding carboxylic acids is 1. The van der Waals surface area contributed by atoms with Crippen molar-refractivity contribution in [2.75, 3.05) is 11.1 Å². The van der Waals surface area contributed by atoms with Gasteiger partial charge in [0.05, 0.1) is 11.3 Å². The lowest BCUT2D eigenvalue weighted by Gasteiger charge is -2.33. The van der Waals surface area contributed by atoms with Gasteiger partial charge in [-0.1, -0.05) is 38.6 Å². The van der Waals surface area contributed by atoms with Crippen LogP contribution in [-0.2, 0) is 30.8 Å². The van der Waals surface area contributed by atoms with E-state index in [-0.39, 0.29) is 29.5 Å². The fourth-order valence-corrected chi connectivity index (χ4v) is 6.41. The Hall–Kier alpha value is -3.16. The first-order chi connectivity index (χ1) is 17.7. The first-order valence-electron chi connectivity index (χ1n) is 12.1. The van der Waals surface area contributed by atoms with Crippen molar-refractivity contribution in [3.8, 4) is 11.8 Å². The molecule has 7 nitrogen and oxygen atoms in total. The Bertz CT molecular complexity index is 1320. The van der Waals surface area contributed by atoms with Crippen LogP contribution in [0.2, 0.25) is 0 Å². The van der Waals surface area contributed by atoms with Gasteiger partial charge in [0.25, 0.3) is 0 Å². The standard InChI is InChI=1S/C27H30FN5O2S2/c1-5-12-33-23(15-35-19-9-7-18(28)8-10-19)31-32-26(33)36-16-24(34)30-25-21(14-29)20-11-6-17(27(2,3)4)13-22(20)37-25/h5,7-10,17H,1,6,11-13,15-16H2,2-4H3,(H,30,34). The molecule has 4 rings (SSSR count). The van der Waals surface area contributed by atoms with Crippen molar-refractivity contribution in [1.29, 1.82) is 5.26 Å². The van der Waals surface area contributed by atoms with Crippen LogP contribution in [0.25, 0.3) is 0 Å². The molecule has 1 aromatic carbocycles. The van der Waals surface area contributed by atoms with E-state index in [0.717, 1.165) is 24.8 Å².